The molecule has 8 heteroatoms. The lowest BCUT2D eigenvalue weighted by molar-refractivity contribution is -0.148. The molecule has 186 valence electrons. The number of rotatable bonds is 13. The number of oxazole rings is 1. The second-order valence-electron chi connectivity index (χ2n) is 7.89. The highest BCUT2D eigenvalue weighted by Crippen LogP contribution is 2.22. The predicted molar refractivity (Wildman–Crippen MR) is 131 cm³/mol. The van der Waals surface area contributed by atoms with Crippen LogP contribution in [0.5, 0.6) is 5.75 Å². The van der Waals surface area contributed by atoms with E-state index in [9.17, 15) is 9.59 Å². The molecule has 0 amide bonds. The minimum Gasteiger partial charge on any atom is -0.493 e. The summed E-state index contributed by atoms with van der Waals surface area (Å²) in [5.41, 5.74) is 2.75. The lowest BCUT2D eigenvalue weighted by Crippen LogP contribution is -2.35. The molecule has 0 saturated heterocycles. The molecular weight excluding hydrogens is 448 g/mol. The van der Waals surface area contributed by atoms with E-state index in [0.29, 0.717) is 38.7 Å². The van der Waals surface area contributed by atoms with Crippen LogP contribution in [-0.4, -0.2) is 54.7 Å². The molecule has 35 heavy (non-hydrogen) atoms. The van der Waals surface area contributed by atoms with E-state index >= 15 is 0 Å². The van der Waals surface area contributed by atoms with Crippen LogP contribution in [0.1, 0.15) is 30.9 Å². The number of aromatic nitrogens is 1. The van der Waals surface area contributed by atoms with Gasteiger partial charge in [0.15, 0.2) is 0 Å². The molecule has 0 aliphatic rings. The number of benzene rings is 2. The number of aryl methyl sites for hydroxylation is 1. The first-order chi connectivity index (χ1) is 17.0. The quantitative estimate of drug-likeness (QED) is 0.336. The highest BCUT2D eigenvalue weighted by Gasteiger charge is 2.17. The van der Waals surface area contributed by atoms with Gasteiger partial charge in [-0.1, -0.05) is 30.3 Å². The topological polar surface area (TPSA) is 91.1 Å². The molecule has 8 nitrogen and oxygen atoms in total. The van der Waals surface area contributed by atoms with Crippen LogP contribution in [0.15, 0.2) is 59.0 Å². The van der Waals surface area contributed by atoms with Crippen LogP contribution in [0.4, 0.5) is 0 Å². The van der Waals surface area contributed by atoms with E-state index in [0.717, 1.165) is 28.3 Å². The molecule has 0 unspecified atom stereocenters. The van der Waals surface area contributed by atoms with Gasteiger partial charge in [-0.2, -0.15) is 0 Å². The monoisotopic (exact) mass is 480 g/mol. The van der Waals surface area contributed by atoms with Crippen molar-refractivity contribution in [2.45, 2.75) is 33.7 Å². The second kappa shape index (κ2) is 13.3. The third-order valence-corrected chi connectivity index (χ3v) is 5.17. The van der Waals surface area contributed by atoms with Crippen molar-refractivity contribution in [3.8, 4) is 17.2 Å². The second-order valence-corrected chi connectivity index (χ2v) is 7.89. The average molecular weight is 481 g/mol. The third-order valence-electron chi connectivity index (χ3n) is 5.17. The smallest absolute Gasteiger partial charge is 0.320 e. The van der Waals surface area contributed by atoms with E-state index in [1.165, 1.54) is 0 Å². The number of hydrogen-bond acceptors (Lipinski definition) is 8. The van der Waals surface area contributed by atoms with Gasteiger partial charge in [0.25, 0.3) is 0 Å². The summed E-state index contributed by atoms with van der Waals surface area (Å²) in [6.07, 6.45) is 0.622. The predicted octanol–water partition coefficient (Wildman–Crippen LogP) is 4.20. The van der Waals surface area contributed by atoms with E-state index in [1.807, 2.05) is 61.5 Å². The van der Waals surface area contributed by atoms with Crippen molar-refractivity contribution in [1.29, 1.82) is 0 Å². The number of esters is 2. The van der Waals surface area contributed by atoms with Crippen LogP contribution < -0.4 is 4.74 Å². The maximum Gasteiger partial charge on any atom is 0.320 e. The maximum absolute atomic E-state index is 11.9. The Hall–Kier alpha value is -3.65. The minimum atomic E-state index is -0.379. The molecule has 0 fully saturated rings. The Kier molecular flexibility index (Phi) is 9.86. The van der Waals surface area contributed by atoms with E-state index in [4.69, 9.17) is 18.6 Å². The van der Waals surface area contributed by atoms with Gasteiger partial charge >= 0.3 is 11.9 Å². The summed E-state index contributed by atoms with van der Waals surface area (Å²) in [5.74, 6) is 1.36. The molecule has 3 rings (SSSR count). The molecule has 1 heterocycles. The van der Waals surface area contributed by atoms with E-state index in [1.54, 1.807) is 18.7 Å². The fourth-order valence-electron chi connectivity index (χ4n) is 3.53. The third kappa shape index (κ3) is 8.26. The van der Waals surface area contributed by atoms with Gasteiger partial charge < -0.3 is 18.6 Å². The molecular formula is C27H32N2O6. The Bertz CT molecular complexity index is 1060. The summed E-state index contributed by atoms with van der Waals surface area (Å²) >= 11 is 0. The molecule has 0 N–H and O–H groups in total. The van der Waals surface area contributed by atoms with Gasteiger partial charge in [-0.05, 0) is 50.6 Å². The van der Waals surface area contributed by atoms with Gasteiger partial charge in [0, 0.05) is 18.5 Å². The standard InChI is InChI=1S/C27H32N2O6/c1-4-32-25(30)18-29(19-26(31)33-5-2)17-21-11-13-23(14-12-21)34-16-15-24-20(3)35-27(28-24)22-9-7-6-8-10-22/h6-14H,4-5,15-19H2,1-3H3. The first-order valence-electron chi connectivity index (χ1n) is 11.8. The average Bonchev–Trinajstić information content (AvgIpc) is 3.21. The van der Waals surface area contributed by atoms with Gasteiger partial charge in [-0.15, -0.1) is 0 Å². The Morgan fingerprint density at radius 1 is 0.914 bits per heavy atom. The van der Waals surface area contributed by atoms with Crippen LogP contribution in [-0.2, 0) is 32.0 Å². The lowest BCUT2D eigenvalue weighted by Gasteiger charge is -2.20. The zero-order valence-corrected chi connectivity index (χ0v) is 20.5. The maximum atomic E-state index is 11.9. The molecule has 0 saturated carbocycles. The fraction of sp³-hybridized carbons (Fsp3) is 0.370. The van der Waals surface area contributed by atoms with Crippen LogP contribution in [0.3, 0.4) is 0 Å². The highest BCUT2D eigenvalue weighted by molar-refractivity contribution is 5.75. The van der Waals surface area contributed by atoms with Crippen molar-refractivity contribution in [2.24, 2.45) is 0 Å². The molecule has 0 atom stereocenters. The number of nitrogens with zero attached hydrogens (tertiary/aromatic N) is 2. The van der Waals surface area contributed by atoms with Crippen molar-refractivity contribution < 1.29 is 28.2 Å². The van der Waals surface area contributed by atoms with Crippen molar-refractivity contribution in [2.75, 3.05) is 32.9 Å². The lowest BCUT2D eigenvalue weighted by atomic mass is 10.2. The number of ether oxygens (including phenoxy) is 3. The van der Waals surface area contributed by atoms with E-state index in [2.05, 4.69) is 4.98 Å². The Labute approximate surface area is 205 Å². The molecule has 0 aliphatic carbocycles. The van der Waals surface area contributed by atoms with Crippen LogP contribution in [0, 0.1) is 6.92 Å². The Morgan fingerprint density at radius 2 is 1.54 bits per heavy atom. The van der Waals surface area contributed by atoms with Gasteiger partial charge in [0.05, 0.1) is 38.6 Å². The number of carbonyl (C=O) groups is 2. The van der Waals surface area contributed by atoms with E-state index in [-0.39, 0.29) is 25.0 Å². The summed E-state index contributed by atoms with van der Waals surface area (Å²) in [5, 5.41) is 0. The van der Waals surface area contributed by atoms with Crippen LogP contribution in [0.2, 0.25) is 0 Å². The molecule has 0 bridgehead atoms. The summed E-state index contributed by atoms with van der Waals surface area (Å²) in [4.78, 5) is 30.2. The first kappa shape index (κ1) is 26.0. The Morgan fingerprint density at radius 3 is 2.14 bits per heavy atom. The van der Waals surface area contributed by atoms with Crippen molar-refractivity contribution >= 4 is 11.9 Å². The highest BCUT2D eigenvalue weighted by atomic mass is 16.5. The molecule has 0 spiro atoms. The zero-order valence-electron chi connectivity index (χ0n) is 20.5. The summed E-state index contributed by atoms with van der Waals surface area (Å²) in [6.45, 7) is 6.86. The first-order valence-corrected chi connectivity index (χ1v) is 11.8. The fourth-order valence-corrected chi connectivity index (χ4v) is 3.53. The van der Waals surface area contributed by atoms with Crippen molar-refractivity contribution in [1.82, 2.24) is 9.88 Å². The molecule has 1 aromatic heterocycles. The van der Waals surface area contributed by atoms with Gasteiger partial charge in [0.1, 0.15) is 11.5 Å². The summed E-state index contributed by atoms with van der Waals surface area (Å²) in [6, 6.07) is 17.4. The van der Waals surface area contributed by atoms with Crippen molar-refractivity contribution in [3.05, 3.63) is 71.6 Å². The van der Waals surface area contributed by atoms with Crippen LogP contribution >= 0.6 is 0 Å². The largest absolute Gasteiger partial charge is 0.493 e. The molecule has 0 radical (unpaired) electrons. The number of hydrogen-bond donors (Lipinski definition) is 0. The van der Waals surface area contributed by atoms with Gasteiger partial charge in [-0.3, -0.25) is 14.5 Å². The summed E-state index contributed by atoms with van der Waals surface area (Å²) < 4.78 is 21.7. The molecule has 3 aromatic rings. The normalized spacial score (nSPS) is 10.9. The van der Waals surface area contributed by atoms with E-state index < -0.39 is 0 Å². The summed E-state index contributed by atoms with van der Waals surface area (Å²) in [7, 11) is 0. The number of carbonyl (C=O) groups excluding carboxylic acids is 2. The molecule has 0 aliphatic heterocycles. The Balaban J connectivity index is 1.53. The van der Waals surface area contributed by atoms with Crippen molar-refractivity contribution in [3.63, 3.8) is 0 Å². The zero-order chi connectivity index (χ0) is 25.0. The van der Waals surface area contributed by atoms with Crippen LogP contribution in [0.25, 0.3) is 11.5 Å². The van der Waals surface area contributed by atoms with Gasteiger partial charge in [-0.25, -0.2) is 4.98 Å². The SMILES string of the molecule is CCOC(=O)CN(CC(=O)OCC)Cc1ccc(OCCc2nc(-c3ccccc3)oc2C)cc1. The minimum absolute atomic E-state index is 0.00687. The molecule has 2 aromatic carbocycles. The van der Waals surface area contributed by atoms with Gasteiger partial charge in [0.2, 0.25) is 5.89 Å².